The van der Waals surface area contributed by atoms with Crippen LogP contribution in [0.1, 0.15) is 29.7 Å². The van der Waals surface area contributed by atoms with Crippen LogP contribution < -0.4 is 5.32 Å². The Morgan fingerprint density at radius 3 is 3.11 bits per heavy atom. The van der Waals surface area contributed by atoms with Crippen LogP contribution >= 0.6 is 11.3 Å². The Bertz CT molecular complexity index is 551. The van der Waals surface area contributed by atoms with Gasteiger partial charge >= 0.3 is 0 Å². The molecule has 3 rings (SSSR count). The summed E-state index contributed by atoms with van der Waals surface area (Å²) < 4.78 is 2.30. The summed E-state index contributed by atoms with van der Waals surface area (Å²) in [6, 6.07) is 0. The lowest BCUT2D eigenvalue weighted by molar-refractivity contribution is 0.472. The zero-order valence-corrected chi connectivity index (χ0v) is 12.3. The smallest absolute Gasteiger partial charge is 0.0948 e. The molecule has 0 saturated carbocycles. The van der Waals surface area contributed by atoms with Crippen LogP contribution in [0.4, 0.5) is 0 Å². The van der Waals surface area contributed by atoms with Gasteiger partial charge in [-0.25, -0.2) is 9.97 Å². The van der Waals surface area contributed by atoms with Crippen LogP contribution in [0.2, 0.25) is 0 Å². The molecular weight excluding hydrogens is 256 g/mol. The molecular formula is C14H20N4S. The van der Waals surface area contributed by atoms with Gasteiger partial charge in [0.15, 0.2) is 0 Å². The number of aromatic nitrogens is 3. The Hall–Kier alpha value is -1.20. The van der Waals surface area contributed by atoms with Crippen molar-refractivity contribution in [3.8, 4) is 0 Å². The van der Waals surface area contributed by atoms with Crippen LogP contribution in [0.15, 0.2) is 17.9 Å². The third-order valence-electron chi connectivity index (χ3n) is 3.93. The number of nitrogens with zero attached hydrogens (tertiary/aromatic N) is 3. The molecule has 1 unspecified atom stereocenters. The van der Waals surface area contributed by atoms with E-state index in [0.717, 1.165) is 31.7 Å². The van der Waals surface area contributed by atoms with E-state index in [-0.39, 0.29) is 5.41 Å². The van der Waals surface area contributed by atoms with Gasteiger partial charge in [0, 0.05) is 47.9 Å². The summed E-state index contributed by atoms with van der Waals surface area (Å²) >= 11 is 1.75. The molecule has 0 aromatic carbocycles. The normalized spacial score (nSPS) is 23.1. The maximum Gasteiger partial charge on any atom is 0.0948 e. The minimum absolute atomic E-state index is 0.231. The van der Waals surface area contributed by atoms with Crippen molar-refractivity contribution in [1.29, 1.82) is 0 Å². The molecule has 0 radical (unpaired) electrons. The molecule has 1 N–H and O–H groups in total. The molecule has 2 aromatic rings. The van der Waals surface area contributed by atoms with Crippen LogP contribution in [-0.2, 0) is 18.4 Å². The predicted octanol–water partition coefficient (Wildman–Crippen LogP) is 2.14. The van der Waals surface area contributed by atoms with Gasteiger partial charge in [-0.1, -0.05) is 6.92 Å². The van der Waals surface area contributed by atoms with Crippen LogP contribution in [0.25, 0.3) is 0 Å². The second kappa shape index (κ2) is 5.06. The summed E-state index contributed by atoms with van der Waals surface area (Å²) in [5.74, 6) is 0. The number of nitrogens with one attached hydrogen (secondary N) is 1. The fourth-order valence-corrected chi connectivity index (χ4v) is 3.54. The van der Waals surface area contributed by atoms with E-state index >= 15 is 0 Å². The van der Waals surface area contributed by atoms with Crippen molar-refractivity contribution in [3.63, 3.8) is 0 Å². The monoisotopic (exact) mass is 276 g/mol. The number of rotatable bonds is 4. The molecule has 19 heavy (non-hydrogen) atoms. The fraction of sp³-hybridized carbons (Fsp3) is 0.571. The number of hydrogen-bond acceptors (Lipinski definition) is 4. The summed E-state index contributed by atoms with van der Waals surface area (Å²) in [5.41, 5.74) is 2.71. The molecule has 0 amide bonds. The highest BCUT2D eigenvalue weighted by Crippen LogP contribution is 2.29. The second-order valence-corrected chi connectivity index (χ2v) is 6.53. The van der Waals surface area contributed by atoms with E-state index < -0.39 is 0 Å². The summed E-state index contributed by atoms with van der Waals surface area (Å²) in [7, 11) is 0. The quantitative estimate of drug-likeness (QED) is 0.930. The first-order chi connectivity index (χ1) is 9.17. The molecule has 3 heterocycles. The maximum atomic E-state index is 4.53. The highest BCUT2D eigenvalue weighted by Gasteiger charge is 2.33. The van der Waals surface area contributed by atoms with Crippen LogP contribution in [-0.4, -0.2) is 27.6 Å². The molecule has 2 aromatic heterocycles. The molecule has 0 bridgehead atoms. The lowest BCUT2D eigenvalue weighted by atomic mass is 9.86. The Morgan fingerprint density at radius 1 is 1.53 bits per heavy atom. The van der Waals surface area contributed by atoms with E-state index in [1.54, 1.807) is 11.3 Å². The third kappa shape index (κ3) is 2.58. The maximum absolute atomic E-state index is 4.53. The van der Waals surface area contributed by atoms with Gasteiger partial charge < -0.3 is 9.88 Å². The van der Waals surface area contributed by atoms with Crippen LogP contribution in [0, 0.1) is 6.92 Å². The van der Waals surface area contributed by atoms with Gasteiger partial charge in [0.1, 0.15) is 0 Å². The minimum Gasteiger partial charge on any atom is -0.334 e. The molecule has 1 fully saturated rings. The Kier molecular flexibility index (Phi) is 3.41. The summed E-state index contributed by atoms with van der Waals surface area (Å²) in [5, 5.41) is 6.79. The van der Waals surface area contributed by atoms with Crippen LogP contribution in [0.3, 0.4) is 0 Å². The van der Waals surface area contributed by atoms with E-state index in [0.29, 0.717) is 0 Å². The van der Waals surface area contributed by atoms with Crippen molar-refractivity contribution < 1.29 is 0 Å². The lowest BCUT2D eigenvalue weighted by Crippen LogP contribution is -2.28. The predicted molar refractivity (Wildman–Crippen MR) is 77.6 cm³/mol. The molecule has 1 atom stereocenters. The molecule has 102 valence electrons. The first-order valence-electron chi connectivity index (χ1n) is 6.80. The number of thiazole rings is 1. The number of aryl methyl sites for hydroxylation is 3. The summed E-state index contributed by atoms with van der Waals surface area (Å²) in [6.07, 6.45) is 6.17. The molecule has 1 aliphatic heterocycles. The van der Waals surface area contributed by atoms with Gasteiger partial charge in [-0.2, -0.15) is 0 Å². The third-order valence-corrected chi connectivity index (χ3v) is 4.96. The molecule has 0 aliphatic carbocycles. The van der Waals surface area contributed by atoms with E-state index in [1.807, 2.05) is 19.4 Å². The Labute approximate surface area is 117 Å². The molecule has 1 aliphatic rings. The van der Waals surface area contributed by atoms with Gasteiger partial charge in [0.05, 0.1) is 11.3 Å². The molecule has 1 saturated heterocycles. The summed E-state index contributed by atoms with van der Waals surface area (Å²) in [6.45, 7) is 7.50. The van der Waals surface area contributed by atoms with Gasteiger partial charge in [-0.15, -0.1) is 11.3 Å². The SMILES string of the molecule is Cc1csc(CCn2cncc2C2(C)CCNC2)n1. The van der Waals surface area contributed by atoms with Gasteiger partial charge in [-0.3, -0.25) is 0 Å². The number of hydrogen-bond donors (Lipinski definition) is 1. The first kappa shape index (κ1) is 12.8. The van der Waals surface area contributed by atoms with Crippen molar-refractivity contribution in [1.82, 2.24) is 19.9 Å². The Balaban J connectivity index is 1.73. The molecule has 4 nitrogen and oxygen atoms in total. The van der Waals surface area contributed by atoms with Crippen molar-refractivity contribution in [2.45, 2.75) is 38.6 Å². The first-order valence-corrected chi connectivity index (χ1v) is 7.68. The van der Waals surface area contributed by atoms with E-state index in [9.17, 15) is 0 Å². The highest BCUT2D eigenvalue weighted by molar-refractivity contribution is 7.09. The average molecular weight is 276 g/mol. The zero-order valence-electron chi connectivity index (χ0n) is 11.5. The van der Waals surface area contributed by atoms with Gasteiger partial charge in [0.25, 0.3) is 0 Å². The lowest BCUT2D eigenvalue weighted by Gasteiger charge is -2.24. The zero-order chi connectivity index (χ0) is 13.3. The fourth-order valence-electron chi connectivity index (χ4n) is 2.77. The average Bonchev–Trinajstić information content (AvgIpc) is 3.07. The highest BCUT2D eigenvalue weighted by atomic mass is 32.1. The standard InChI is InChI=1S/C14H20N4S/c1-11-8-19-13(17-11)3-6-18-10-16-7-12(18)14(2)4-5-15-9-14/h7-8,10,15H,3-6,9H2,1-2H3. The minimum atomic E-state index is 0.231. The van der Waals surface area contributed by atoms with Crippen LogP contribution in [0.5, 0.6) is 0 Å². The molecule has 5 heteroatoms. The van der Waals surface area contributed by atoms with Gasteiger partial charge in [0.2, 0.25) is 0 Å². The largest absolute Gasteiger partial charge is 0.334 e. The van der Waals surface area contributed by atoms with Crippen molar-refractivity contribution in [3.05, 3.63) is 34.3 Å². The molecule has 0 spiro atoms. The van der Waals surface area contributed by atoms with E-state index in [4.69, 9.17) is 0 Å². The van der Waals surface area contributed by atoms with Crippen molar-refractivity contribution in [2.75, 3.05) is 13.1 Å². The number of imidazole rings is 1. The topological polar surface area (TPSA) is 42.7 Å². The van der Waals surface area contributed by atoms with Crippen molar-refractivity contribution >= 4 is 11.3 Å². The van der Waals surface area contributed by atoms with E-state index in [2.05, 4.69) is 32.2 Å². The Morgan fingerprint density at radius 2 is 2.42 bits per heavy atom. The van der Waals surface area contributed by atoms with Gasteiger partial charge in [-0.05, 0) is 19.9 Å². The van der Waals surface area contributed by atoms with E-state index in [1.165, 1.54) is 17.1 Å². The van der Waals surface area contributed by atoms with Crippen molar-refractivity contribution in [2.24, 2.45) is 0 Å². The summed E-state index contributed by atoms with van der Waals surface area (Å²) in [4.78, 5) is 8.87. The second-order valence-electron chi connectivity index (χ2n) is 5.59.